The molecule has 3 heterocycles. The molecule has 1 atom stereocenters. The van der Waals surface area contributed by atoms with E-state index in [9.17, 15) is 14.0 Å². The van der Waals surface area contributed by atoms with Crippen LogP contribution >= 0.6 is 11.3 Å². The standard InChI is InChI=1S/C26H23FN4O3S/c1-26(25(33)28-15-17-5-7-18(27)8-6-17)16-30-22(14-21(29-30)23-4-3-13-35-23)24(32)31(26)19-9-11-20(34-2)12-10-19/h3-14H,15-16H2,1-2H3,(H,28,33)/t26-/m1/s1. The van der Waals surface area contributed by atoms with E-state index >= 15 is 0 Å². The molecule has 1 aliphatic rings. The van der Waals surface area contributed by atoms with Gasteiger partial charge in [0.05, 0.1) is 18.5 Å². The fraction of sp³-hybridized carbons (Fsp3) is 0.192. The molecule has 178 valence electrons. The third kappa shape index (κ3) is 4.19. The third-order valence-electron chi connectivity index (χ3n) is 6.11. The third-order valence-corrected chi connectivity index (χ3v) is 7.01. The van der Waals surface area contributed by atoms with Crippen LogP contribution in [0.15, 0.2) is 72.1 Å². The Morgan fingerprint density at radius 1 is 1.17 bits per heavy atom. The molecule has 1 aliphatic heterocycles. The maximum Gasteiger partial charge on any atom is 0.277 e. The van der Waals surface area contributed by atoms with E-state index in [4.69, 9.17) is 4.74 Å². The fourth-order valence-corrected chi connectivity index (χ4v) is 4.92. The molecule has 0 fully saturated rings. The van der Waals surface area contributed by atoms with Gasteiger partial charge >= 0.3 is 0 Å². The summed E-state index contributed by atoms with van der Waals surface area (Å²) < 4.78 is 20.1. The van der Waals surface area contributed by atoms with E-state index in [1.807, 2.05) is 17.5 Å². The van der Waals surface area contributed by atoms with E-state index in [2.05, 4.69) is 10.4 Å². The minimum atomic E-state index is -1.27. The van der Waals surface area contributed by atoms with E-state index in [1.54, 1.807) is 61.2 Å². The number of fused-ring (bicyclic) bond motifs is 1. The molecule has 2 amide bonds. The molecular weight excluding hydrogens is 467 g/mol. The molecule has 1 N–H and O–H groups in total. The van der Waals surface area contributed by atoms with Gasteiger partial charge in [-0.25, -0.2) is 4.39 Å². The molecule has 2 aromatic heterocycles. The van der Waals surface area contributed by atoms with Gasteiger partial charge in [0.1, 0.15) is 28.5 Å². The molecule has 2 aromatic carbocycles. The van der Waals surface area contributed by atoms with Crippen LogP contribution in [0.2, 0.25) is 0 Å². The van der Waals surface area contributed by atoms with E-state index in [-0.39, 0.29) is 30.7 Å². The molecule has 0 saturated heterocycles. The summed E-state index contributed by atoms with van der Waals surface area (Å²) in [7, 11) is 1.57. The number of halogens is 1. The second-order valence-corrected chi connectivity index (χ2v) is 9.42. The number of rotatable bonds is 6. The summed E-state index contributed by atoms with van der Waals surface area (Å²) in [6.45, 7) is 2.09. The number of nitrogens with zero attached hydrogens (tertiary/aromatic N) is 3. The zero-order chi connectivity index (χ0) is 24.6. The second kappa shape index (κ2) is 8.99. The van der Waals surface area contributed by atoms with Gasteiger partial charge in [0, 0.05) is 12.2 Å². The van der Waals surface area contributed by atoms with Crippen molar-refractivity contribution in [1.29, 1.82) is 0 Å². The lowest BCUT2D eigenvalue weighted by molar-refractivity contribution is -0.126. The highest BCUT2D eigenvalue weighted by Crippen LogP contribution is 2.35. The van der Waals surface area contributed by atoms with Crippen LogP contribution in [0.5, 0.6) is 5.75 Å². The van der Waals surface area contributed by atoms with Crippen LogP contribution < -0.4 is 15.0 Å². The first-order chi connectivity index (χ1) is 16.9. The smallest absolute Gasteiger partial charge is 0.277 e. The van der Waals surface area contributed by atoms with Gasteiger partial charge in [0.15, 0.2) is 0 Å². The monoisotopic (exact) mass is 490 g/mol. The average molecular weight is 491 g/mol. The number of carbonyl (C=O) groups is 2. The molecule has 0 spiro atoms. The number of thiophene rings is 1. The number of carbonyl (C=O) groups excluding carboxylic acids is 2. The zero-order valence-electron chi connectivity index (χ0n) is 19.2. The maximum atomic E-state index is 13.8. The van der Waals surface area contributed by atoms with Crippen LogP contribution in [0.1, 0.15) is 23.0 Å². The molecule has 0 unspecified atom stereocenters. The lowest BCUT2D eigenvalue weighted by atomic mass is 9.93. The Morgan fingerprint density at radius 3 is 2.57 bits per heavy atom. The summed E-state index contributed by atoms with van der Waals surface area (Å²) >= 11 is 1.53. The predicted octanol–water partition coefficient (Wildman–Crippen LogP) is 4.49. The Hall–Kier alpha value is -3.98. The summed E-state index contributed by atoms with van der Waals surface area (Å²) in [6.07, 6.45) is 0. The van der Waals surface area contributed by atoms with Crippen molar-refractivity contribution in [3.63, 3.8) is 0 Å². The van der Waals surface area contributed by atoms with Crippen molar-refractivity contribution < 1.29 is 18.7 Å². The van der Waals surface area contributed by atoms with E-state index in [0.29, 0.717) is 22.8 Å². The van der Waals surface area contributed by atoms with Crippen LogP contribution in [0, 0.1) is 5.82 Å². The topological polar surface area (TPSA) is 76.5 Å². The molecule has 0 saturated carbocycles. The number of anilines is 1. The van der Waals surface area contributed by atoms with E-state index in [0.717, 1.165) is 10.4 Å². The van der Waals surface area contributed by atoms with Gasteiger partial charge in [0.2, 0.25) is 5.91 Å². The number of aromatic nitrogens is 2. The molecule has 4 aromatic rings. The van der Waals surface area contributed by atoms with Crippen LogP contribution in [0.25, 0.3) is 10.6 Å². The van der Waals surface area contributed by atoms with Crippen LogP contribution in [-0.2, 0) is 17.9 Å². The molecular formula is C26H23FN4O3S. The van der Waals surface area contributed by atoms with Crippen molar-refractivity contribution in [3.8, 4) is 16.3 Å². The number of benzene rings is 2. The first-order valence-corrected chi connectivity index (χ1v) is 11.9. The molecule has 35 heavy (non-hydrogen) atoms. The van der Waals surface area contributed by atoms with Gasteiger partial charge in [-0.15, -0.1) is 11.3 Å². The Labute approximate surface area is 205 Å². The molecule has 0 aliphatic carbocycles. The lowest BCUT2D eigenvalue weighted by Gasteiger charge is -2.43. The van der Waals surface area contributed by atoms with Crippen molar-refractivity contribution in [2.24, 2.45) is 0 Å². The number of nitrogens with one attached hydrogen (secondary N) is 1. The van der Waals surface area contributed by atoms with E-state index < -0.39 is 5.54 Å². The van der Waals surface area contributed by atoms with Crippen LogP contribution in [0.4, 0.5) is 10.1 Å². The second-order valence-electron chi connectivity index (χ2n) is 8.47. The minimum Gasteiger partial charge on any atom is -0.497 e. The maximum absolute atomic E-state index is 13.8. The highest BCUT2D eigenvalue weighted by atomic mass is 32.1. The zero-order valence-corrected chi connectivity index (χ0v) is 20.0. The first kappa shape index (κ1) is 22.8. The Bertz CT molecular complexity index is 1370. The number of amides is 2. The highest BCUT2D eigenvalue weighted by molar-refractivity contribution is 7.13. The van der Waals surface area contributed by atoms with Gasteiger partial charge in [0.25, 0.3) is 5.91 Å². The summed E-state index contributed by atoms with van der Waals surface area (Å²) in [5, 5.41) is 9.51. The van der Waals surface area contributed by atoms with Gasteiger partial charge in [-0.2, -0.15) is 5.10 Å². The lowest BCUT2D eigenvalue weighted by Crippen LogP contribution is -2.64. The minimum absolute atomic E-state index is 0.167. The Balaban J connectivity index is 1.52. The largest absolute Gasteiger partial charge is 0.497 e. The van der Waals surface area contributed by atoms with Crippen molar-refractivity contribution in [1.82, 2.24) is 15.1 Å². The van der Waals surface area contributed by atoms with Crippen molar-refractivity contribution in [2.45, 2.75) is 25.6 Å². The van der Waals surface area contributed by atoms with Gasteiger partial charge in [-0.05, 0) is 66.4 Å². The Kier molecular flexibility index (Phi) is 5.86. The van der Waals surface area contributed by atoms with Gasteiger partial charge in [-0.1, -0.05) is 18.2 Å². The summed E-state index contributed by atoms with van der Waals surface area (Å²) in [5.74, 6) is -0.366. The SMILES string of the molecule is COc1ccc(N2C(=O)c3cc(-c4cccs4)nn3C[C@]2(C)C(=O)NCc2ccc(F)cc2)cc1. The molecule has 5 rings (SSSR count). The van der Waals surface area contributed by atoms with Crippen molar-refractivity contribution in [3.05, 3.63) is 89.2 Å². The number of methoxy groups -OCH3 is 1. The molecule has 0 bridgehead atoms. The summed E-state index contributed by atoms with van der Waals surface area (Å²) in [5.41, 5.74) is 1.15. The highest BCUT2D eigenvalue weighted by Gasteiger charge is 2.48. The molecule has 7 nitrogen and oxygen atoms in total. The summed E-state index contributed by atoms with van der Waals surface area (Å²) in [6, 6.07) is 18.6. The average Bonchev–Trinajstić information content (AvgIpc) is 3.54. The van der Waals surface area contributed by atoms with Gasteiger partial charge < -0.3 is 10.1 Å². The van der Waals surface area contributed by atoms with E-state index in [1.165, 1.54) is 28.4 Å². The van der Waals surface area contributed by atoms with Gasteiger partial charge in [-0.3, -0.25) is 19.2 Å². The van der Waals surface area contributed by atoms with Crippen LogP contribution in [0.3, 0.4) is 0 Å². The Morgan fingerprint density at radius 2 is 1.91 bits per heavy atom. The number of ether oxygens (including phenoxy) is 1. The normalized spacial score (nSPS) is 17.2. The quantitative estimate of drug-likeness (QED) is 0.432. The number of hydrogen-bond acceptors (Lipinski definition) is 5. The summed E-state index contributed by atoms with van der Waals surface area (Å²) in [4.78, 5) is 29.9. The molecule has 9 heteroatoms. The molecule has 0 radical (unpaired) electrons. The number of hydrogen-bond donors (Lipinski definition) is 1. The fourth-order valence-electron chi connectivity index (χ4n) is 4.24. The first-order valence-electron chi connectivity index (χ1n) is 11.0. The van der Waals surface area contributed by atoms with Crippen molar-refractivity contribution >= 4 is 28.8 Å². The predicted molar refractivity (Wildman–Crippen MR) is 132 cm³/mol. The van der Waals surface area contributed by atoms with Crippen molar-refractivity contribution in [2.75, 3.05) is 12.0 Å². The van der Waals surface area contributed by atoms with Crippen LogP contribution in [-0.4, -0.2) is 34.2 Å².